The van der Waals surface area contributed by atoms with Crippen LogP contribution in [0.2, 0.25) is 0 Å². The highest BCUT2D eigenvalue weighted by atomic mass is 16.5. The lowest BCUT2D eigenvalue weighted by Crippen LogP contribution is -2.58. The van der Waals surface area contributed by atoms with Gasteiger partial charge in [0.1, 0.15) is 11.9 Å². The Kier molecular flexibility index (Phi) is 8.05. The SMILES string of the molecule is CC(=O)c1cc(C=CC(=O)O[C@H]2CC[C@]34C[C@]35CC[C@]3(C)[C@@H]([C@H](C)CCC=C(C)C)CC[C@@]3(C)[C@@H]5CC[C@H]4C2(C)C)ccc1O. The molecule has 1 aromatic rings. The van der Waals surface area contributed by atoms with E-state index in [0.29, 0.717) is 33.1 Å². The number of carbonyl (C=O) groups is 2. The van der Waals surface area contributed by atoms with Gasteiger partial charge in [-0.3, -0.25) is 4.79 Å². The second kappa shape index (κ2) is 11.1. The lowest BCUT2D eigenvalue weighted by atomic mass is 9.41. The number of rotatable bonds is 8. The molecule has 5 fully saturated rings. The van der Waals surface area contributed by atoms with Crippen molar-refractivity contribution in [1.82, 2.24) is 0 Å². The number of Topliss-reactive ketones (excluding diaryl/α,β-unsaturated/α-hetero) is 1. The number of esters is 1. The Labute approximate surface area is 272 Å². The Morgan fingerprint density at radius 1 is 0.933 bits per heavy atom. The highest BCUT2D eigenvalue weighted by Gasteiger charge is 2.82. The van der Waals surface area contributed by atoms with E-state index in [1.165, 1.54) is 88.8 Å². The molecule has 5 saturated carbocycles. The van der Waals surface area contributed by atoms with Crippen LogP contribution >= 0.6 is 0 Å². The Morgan fingerprint density at radius 2 is 1.64 bits per heavy atom. The maximum atomic E-state index is 13.1. The normalized spacial score (nSPS) is 40.0. The summed E-state index contributed by atoms with van der Waals surface area (Å²) in [5.41, 5.74) is 4.14. The summed E-state index contributed by atoms with van der Waals surface area (Å²) in [6.45, 7) is 18.6. The molecule has 0 aromatic heterocycles. The lowest BCUT2D eigenvalue weighted by molar-refractivity contribution is -0.179. The molecule has 1 aromatic carbocycles. The number of hydrogen-bond donors (Lipinski definition) is 1. The molecule has 45 heavy (non-hydrogen) atoms. The van der Waals surface area contributed by atoms with E-state index in [1.807, 2.05) is 0 Å². The molecule has 0 saturated heterocycles. The van der Waals surface area contributed by atoms with Gasteiger partial charge in [-0.1, -0.05) is 52.3 Å². The molecule has 0 unspecified atom stereocenters. The highest BCUT2D eigenvalue weighted by Crippen LogP contribution is 2.89. The Hall–Kier alpha value is -2.36. The standard InChI is InChI=1S/C41H58O4/c1-26(2)10-9-11-27(3)31-18-20-39(8)34-16-15-33-37(5,6)35(19-21-40(33)25-41(34,40)23-22-38(31,39)7)45-36(44)17-13-29-12-14-32(43)30(24-29)28(4)42/h10,12-14,17,24,27,31,33-35,43H,9,11,15-16,18-23,25H2,1-8H3/t27-,31-,33+,34+,35+,38-,39+,40-,41+/m1/s1. The van der Waals surface area contributed by atoms with E-state index in [1.54, 1.807) is 18.2 Å². The molecule has 0 radical (unpaired) electrons. The summed E-state index contributed by atoms with van der Waals surface area (Å²) in [6, 6.07) is 4.83. The minimum atomic E-state index is -0.322. The zero-order valence-corrected chi connectivity index (χ0v) is 29.3. The van der Waals surface area contributed by atoms with Crippen LogP contribution in [0.4, 0.5) is 0 Å². The van der Waals surface area contributed by atoms with Crippen LogP contribution in [0.3, 0.4) is 0 Å². The zero-order valence-electron chi connectivity index (χ0n) is 29.3. The smallest absolute Gasteiger partial charge is 0.331 e. The van der Waals surface area contributed by atoms with E-state index in [0.717, 1.165) is 24.2 Å². The first-order chi connectivity index (χ1) is 21.1. The first-order valence-corrected chi connectivity index (χ1v) is 18.0. The predicted molar refractivity (Wildman–Crippen MR) is 182 cm³/mol. The van der Waals surface area contributed by atoms with Crippen molar-refractivity contribution in [2.75, 3.05) is 0 Å². The van der Waals surface area contributed by atoms with Gasteiger partial charge in [0.25, 0.3) is 0 Å². The molecule has 2 spiro atoms. The molecule has 5 aliphatic carbocycles. The Morgan fingerprint density at radius 3 is 2.36 bits per heavy atom. The van der Waals surface area contributed by atoms with E-state index in [4.69, 9.17) is 4.74 Å². The van der Waals surface area contributed by atoms with Crippen LogP contribution < -0.4 is 0 Å². The van der Waals surface area contributed by atoms with Crippen molar-refractivity contribution < 1.29 is 19.4 Å². The fraction of sp³-hybridized carbons (Fsp3) is 0.707. The summed E-state index contributed by atoms with van der Waals surface area (Å²) in [7, 11) is 0. The monoisotopic (exact) mass is 614 g/mol. The zero-order chi connectivity index (χ0) is 32.6. The van der Waals surface area contributed by atoms with Gasteiger partial charge in [0.2, 0.25) is 0 Å². The van der Waals surface area contributed by atoms with E-state index < -0.39 is 0 Å². The summed E-state index contributed by atoms with van der Waals surface area (Å²) >= 11 is 0. The fourth-order valence-electron chi connectivity index (χ4n) is 12.6. The van der Waals surface area contributed by atoms with Gasteiger partial charge in [0, 0.05) is 11.5 Å². The number of ketones is 1. The number of allylic oxidation sites excluding steroid dienone is 2. The maximum absolute atomic E-state index is 13.1. The Balaban J connectivity index is 1.15. The van der Waals surface area contributed by atoms with Crippen molar-refractivity contribution in [2.24, 2.45) is 50.7 Å². The lowest BCUT2D eigenvalue weighted by Gasteiger charge is -2.63. The van der Waals surface area contributed by atoms with Gasteiger partial charge < -0.3 is 9.84 Å². The number of carbonyl (C=O) groups excluding carboxylic acids is 2. The van der Waals surface area contributed by atoms with E-state index >= 15 is 0 Å². The summed E-state index contributed by atoms with van der Waals surface area (Å²) in [5.74, 6) is 2.49. The van der Waals surface area contributed by atoms with Gasteiger partial charge in [0.15, 0.2) is 5.78 Å². The van der Waals surface area contributed by atoms with Crippen molar-refractivity contribution in [3.63, 3.8) is 0 Å². The predicted octanol–water partition coefficient (Wildman–Crippen LogP) is 10.3. The highest BCUT2D eigenvalue weighted by molar-refractivity contribution is 5.97. The largest absolute Gasteiger partial charge is 0.507 e. The number of phenolic OH excluding ortho intramolecular Hbond substituents is 1. The van der Waals surface area contributed by atoms with Crippen molar-refractivity contribution in [3.05, 3.63) is 47.1 Å². The van der Waals surface area contributed by atoms with Crippen LogP contribution in [0, 0.1) is 50.7 Å². The molecule has 0 heterocycles. The van der Waals surface area contributed by atoms with E-state index in [2.05, 4.69) is 54.5 Å². The molecule has 9 atom stereocenters. The third-order valence-electron chi connectivity index (χ3n) is 15.0. The average molecular weight is 615 g/mol. The van der Waals surface area contributed by atoms with Crippen LogP contribution in [0.5, 0.6) is 5.75 Å². The molecule has 4 heteroatoms. The van der Waals surface area contributed by atoms with Gasteiger partial charge in [-0.2, -0.15) is 0 Å². The summed E-state index contributed by atoms with van der Waals surface area (Å²) in [4.78, 5) is 24.9. The molecular formula is C41H58O4. The fourth-order valence-corrected chi connectivity index (χ4v) is 12.6. The van der Waals surface area contributed by atoms with E-state index in [9.17, 15) is 14.7 Å². The molecule has 6 rings (SSSR count). The maximum Gasteiger partial charge on any atom is 0.331 e. The van der Waals surface area contributed by atoms with Crippen molar-refractivity contribution in [2.45, 2.75) is 132 Å². The quantitative estimate of drug-likeness (QED) is 0.137. The summed E-state index contributed by atoms with van der Waals surface area (Å²) in [5, 5.41) is 9.96. The van der Waals surface area contributed by atoms with Crippen LogP contribution in [0.1, 0.15) is 142 Å². The van der Waals surface area contributed by atoms with Crippen LogP contribution in [-0.2, 0) is 9.53 Å². The molecule has 0 bridgehead atoms. The van der Waals surface area contributed by atoms with Crippen molar-refractivity contribution in [1.29, 1.82) is 0 Å². The third-order valence-corrected chi connectivity index (χ3v) is 15.0. The van der Waals surface area contributed by atoms with Crippen molar-refractivity contribution >= 4 is 17.8 Å². The van der Waals surface area contributed by atoms with Crippen LogP contribution in [0.25, 0.3) is 6.08 Å². The second-order valence-corrected chi connectivity index (χ2v) is 17.4. The second-order valence-electron chi connectivity index (χ2n) is 17.4. The number of aromatic hydroxyl groups is 1. The first kappa shape index (κ1) is 32.6. The minimum Gasteiger partial charge on any atom is -0.507 e. The first-order valence-electron chi connectivity index (χ1n) is 18.0. The average Bonchev–Trinajstić information content (AvgIpc) is 3.55. The molecular weight excluding hydrogens is 556 g/mol. The van der Waals surface area contributed by atoms with Gasteiger partial charge in [0.05, 0.1) is 5.56 Å². The number of phenols is 1. The number of ether oxygens (including phenoxy) is 1. The summed E-state index contributed by atoms with van der Waals surface area (Å²) in [6.07, 6.45) is 19.8. The molecule has 4 nitrogen and oxygen atoms in total. The van der Waals surface area contributed by atoms with Crippen molar-refractivity contribution in [3.8, 4) is 5.75 Å². The van der Waals surface area contributed by atoms with Crippen LogP contribution in [-0.4, -0.2) is 23.0 Å². The summed E-state index contributed by atoms with van der Waals surface area (Å²) < 4.78 is 6.22. The molecule has 246 valence electrons. The third kappa shape index (κ3) is 4.89. The van der Waals surface area contributed by atoms with E-state index in [-0.39, 0.29) is 34.6 Å². The number of hydrogen-bond acceptors (Lipinski definition) is 4. The number of benzene rings is 1. The van der Waals surface area contributed by atoms with Gasteiger partial charge in [-0.05, 0) is 161 Å². The number of fused-ring (bicyclic) bond motifs is 2. The van der Waals surface area contributed by atoms with Gasteiger partial charge in [-0.15, -0.1) is 0 Å². The van der Waals surface area contributed by atoms with Gasteiger partial charge >= 0.3 is 5.97 Å². The Bertz CT molecular complexity index is 1410. The molecule has 1 N–H and O–H groups in total. The van der Waals surface area contributed by atoms with Gasteiger partial charge in [-0.25, -0.2) is 4.79 Å². The van der Waals surface area contributed by atoms with Crippen LogP contribution in [0.15, 0.2) is 35.9 Å². The molecule has 5 aliphatic rings. The topological polar surface area (TPSA) is 63.6 Å². The minimum absolute atomic E-state index is 0.0401. The molecule has 0 aliphatic heterocycles. The molecule has 0 amide bonds.